The number of hydrogen-bond acceptors (Lipinski definition) is 7. The summed E-state index contributed by atoms with van der Waals surface area (Å²) in [5.74, 6) is 1.14. The maximum Gasteiger partial charge on any atom is 0.416 e. The number of halogens is 3. The normalized spacial score (nSPS) is 11.2. The third-order valence-electron chi connectivity index (χ3n) is 5.64. The van der Waals surface area contributed by atoms with Gasteiger partial charge >= 0.3 is 6.18 Å². The van der Waals surface area contributed by atoms with E-state index in [1.165, 1.54) is 28.3 Å². The summed E-state index contributed by atoms with van der Waals surface area (Å²) in [5, 5.41) is 5.67. The lowest BCUT2D eigenvalue weighted by Gasteiger charge is -2.17. The Morgan fingerprint density at radius 1 is 0.921 bits per heavy atom. The van der Waals surface area contributed by atoms with Crippen molar-refractivity contribution in [1.29, 1.82) is 0 Å². The van der Waals surface area contributed by atoms with E-state index in [9.17, 15) is 18.0 Å². The molecule has 0 saturated heterocycles. The zero-order chi connectivity index (χ0) is 27.4. The molecule has 4 aromatic rings. The number of anilines is 2. The molecule has 0 spiro atoms. The Hall–Kier alpha value is -4.54. The van der Waals surface area contributed by atoms with Crippen molar-refractivity contribution in [1.82, 2.24) is 9.97 Å². The minimum atomic E-state index is -4.64. The van der Waals surface area contributed by atoms with Crippen molar-refractivity contribution in [2.24, 2.45) is 0 Å². The lowest BCUT2D eigenvalue weighted by Crippen LogP contribution is -2.12. The summed E-state index contributed by atoms with van der Waals surface area (Å²) in [4.78, 5) is 21.0. The van der Waals surface area contributed by atoms with Crippen LogP contribution in [0.2, 0.25) is 0 Å². The van der Waals surface area contributed by atoms with Gasteiger partial charge in [0.1, 0.15) is 11.2 Å². The highest BCUT2D eigenvalue weighted by atomic mass is 19.4. The van der Waals surface area contributed by atoms with Crippen LogP contribution >= 0.6 is 0 Å². The van der Waals surface area contributed by atoms with Crippen LogP contribution in [0.5, 0.6) is 17.2 Å². The third-order valence-corrected chi connectivity index (χ3v) is 5.64. The molecule has 0 bridgehead atoms. The minimum Gasteiger partial charge on any atom is -0.493 e. The maximum atomic E-state index is 13.6. The molecule has 1 aromatic heterocycles. The SMILES string of the molecule is COc1cc(CNc2nc3c(NC(C)=O)cc(C(F)(F)F)cc3nc2-c2ccccc2)cc(OC)c1OC. The number of alkyl halides is 3. The first-order chi connectivity index (χ1) is 18.1. The molecule has 0 aliphatic heterocycles. The molecule has 8 nitrogen and oxygen atoms in total. The second-order valence-corrected chi connectivity index (χ2v) is 8.24. The molecule has 0 aliphatic carbocycles. The van der Waals surface area contributed by atoms with Gasteiger partial charge in [0.15, 0.2) is 17.3 Å². The van der Waals surface area contributed by atoms with Crippen LogP contribution in [0, 0.1) is 0 Å². The number of carbonyl (C=O) groups is 1. The van der Waals surface area contributed by atoms with Gasteiger partial charge in [-0.05, 0) is 29.8 Å². The number of hydrogen-bond donors (Lipinski definition) is 2. The van der Waals surface area contributed by atoms with Crippen LogP contribution in [0.1, 0.15) is 18.1 Å². The Morgan fingerprint density at radius 3 is 2.13 bits per heavy atom. The van der Waals surface area contributed by atoms with E-state index in [2.05, 4.69) is 20.6 Å². The number of aromatic nitrogens is 2. The highest BCUT2D eigenvalue weighted by Crippen LogP contribution is 2.39. The van der Waals surface area contributed by atoms with Crippen molar-refractivity contribution in [3.05, 3.63) is 65.7 Å². The Balaban J connectivity index is 1.86. The monoisotopic (exact) mass is 526 g/mol. The number of methoxy groups -OCH3 is 3. The summed E-state index contributed by atoms with van der Waals surface area (Å²) in [6, 6.07) is 14.3. The van der Waals surface area contributed by atoms with Crippen molar-refractivity contribution >= 4 is 28.4 Å². The van der Waals surface area contributed by atoms with Crippen molar-refractivity contribution in [3.8, 4) is 28.5 Å². The molecule has 1 heterocycles. The van der Waals surface area contributed by atoms with Gasteiger partial charge in [0.2, 0.25) is 11.7 Å². The highest BCUT2D eigenvalue weighted by molar-refractivity contribution is 6.00. The molecule has 0 atom stereocenters. The van der Waals surface area contributed by atoms with Crippen LogP contribution in [0.25, 0.3) is 22.3 Å². The Labute approximate surface area is 216 Å². The molecule has 198 valence electrons. The number of amides is 1. The molecular weight excluding hydrogens is 501 g/mol. The first kappa shape index (κ1) is 26.5. The van der Waals surface area contributed by atoms with Crippen LogP contribution in [0.3, 0.4) is 0 Å². The molecule has 0 unspecified atom stereocenters. The first-order valence-electron chi connectivity index (χ1n) is 11.4. The van der Waals surface area contributed by atoms with Gasteiger partial charge in [-0.25, -0.2) is 9.97 Å². The van der Waals surface area contributed by atoms with Crippen LogP contribution in [0.15, 0.2) is 54.6 Å². The van der Waals surface area contributed by atoms with Gasteiger partial charge in [0.25, 0.3) is 0 Å². The summed E-state index contributed by atoms with van der Waals surface area (Å²) in [7, 11) is 4.52. The van der Waals surface area contributed by atoms with Crippen LogP contribution in [-0.2, 0) is 17.5 Å². The number of ether oxygens (including phenoxy) is 3. The fourth-order valence-electron chi connectivity index (χ4n) is 3.95. The fraction of sp³-hybridized carbons (Fsp3) is 0.222. The highest BCUT2D eigenvalue weighted by Gasteiger charge is 2.32. The van der Waals surface area contributed by atoms with Crippen molar-refractivity contribution in [2.75, 3.05) is 32.0 Å². The van der Waals surface area contributed by atoms with Gasteiger partial charge < -0.3 is 24.8 Å². The summed E-state index contributed by atoms with van der Waals surface area (Å²) in [6.07, 6.45) is -4.64. The predicted octanol–water partition coefficient (Wildman–Crippen LogP) is 5.91. The summed E-state index contributed by atoms with van der Waals surface area (Å²) in [5.41, 5.74) is 0.813. The lowest BCUT2D eigenvalue weighted by molar-refractivity contribution is -0.137. The minimum absolute atomic E-state index is 0.0132. The second kappa shape index (κ2) is 10.8. The zero-order valence-electron chi connectivity index (χ0n) is 21.1. The molecule has 4 rings (SSSR count). The second-order valence-electron chi connectivity index (χ2n) is 8.24. The molecule has 0 aliphatic rings. The summed E-state index contributed by atoms with van der Waals surface area (Å²) in [6.45, 7) is 1.45. The summed E-state index contributed by atoms with van der Waals surface area (Å²) < 4.78 is 57.1. The van der Waals surface area contributed by atoms with Crippen LogP contribution < -0.4 is 24.8 Å². The van der Waals surface area contributed by atoms with Gasteiger partial charge in [-0.1, -0.05) is 30.3 Å². The Kier molecular flexibility index (Phi) is 7.56. The number of fused-ring (bicyclic) bond motifs is 1. The van der Waals surface area contributed by atoms with Crippen molar-refractivity contribution in [3.63, 3.8) is 0 Å². The van der Waals surface area contributed by atoms with E-state index >= 15 is 0 Å². The topological polar surface area (TPSA) is 94.6 Å². The Bertz CT molecular complexity index is 1450. The molecule has 3 aromatic carbocycles. The Morgan fingerprint density at radius 2 is 1.58 bits per heavy atom. The third kappa shape index (κ3) is 5.56. The number of nitrogens with one attached hydrogen (secondary N) is 2. The van der Waals surface area contributed by atoms with E-state index in [0.717, 1.165) is 17.7 Å². The molecule has 0 fully saturated rings. The van der Waals surface area contributed by atoms with Gasteiger partial charge in [-0.3, -0.25) is 4.79 Å². The molecule has 0 radical (unpaired) electrons. The lowest BCUT2D eigenvalue weighted by atomic mass is 10.1. The largest absolute Gasteiger partial charge is 0.493 e. The number of benzene rings is 3. The maximum absolute atomic E-state index is 13.6. The molecule has 1 amide bonds. The quantitative estimate of drug-likeness (QED) is 0.295. The average Bonchev–Trinajstić information content (AvgIpc) is 2.90. The first-order valence-corrected chi connectivity index (χ1v) is 11.4. The number of carbonyl (C=O) groups excluding carboxylic acids is 1. The van der Waals surface area contributed by atoms with Crippen molar-refractivity contribution < 1.29 is 32.2 Å². The summed E-state index contributed by atoms with van der Waals surface area (Å²) >= 11 is 0. The average molecular weight is 527 g/mol. The van der Waals surface area contributed by atoms with Gasteiger partial charge in [0.05, 0.1) is 38.1 Å². The van der Waals surface area contributed by atoms with E-state index < -0.39 is 17.6 Å². The molecule has 38 heavy (non-hydrogen) atoms. The molecular formula is C27H25F3N4O4. The predicted molar refractivity (Wildman–Crippen MR) is 138 cm³/mol. The van der Waals surface area contributed by atoms with Gasteiger partial charge in [-0.2, -0.15) is 13.2 Å². The standard InChI is InChI=1S/C27H25F3N4O4/c1-15(35)32-19-12-18(27(28,29)30)13-20-24(19)34-26(23(33-20)17-8-6-5-7-9-17)31-14-16-10-21(36-2)25(38-4)22(11-16)37-3/h5-13H,14H2,1-4H3,(H,31,34)(H,32,35). The van der Waals surface area contributed by atoms with E-state index in [-0.39, 0.29) is 23.3 Å². The van der Waals surface area contributed by atoms with Gasteiger partial charge in [0, 0.05) is 19.0 Å². The van der Waals surface area contributed by atoms with E-state index in [0.29, 0.717) is 34.3 Å². The number of rotatable bonds is 8. The van der Waals surface area contributed by atoms with E-state index in [4.69, 9.17) is 14.2 Å². The smallest absolute Gasteiger partial charge is 0.416 e. The molecule has 0 saturated carbocycles. The molecule has 2 N–H and O–H groups in total. The van der Waals surface area contributed by atoms with E-state index in [1.54, 1.807) is 36.4 Å². The van der Waals surface area contributed by atoms with Gasteiger partial charge in [-0.15, -0.1) is 0 Å². The molecule has 11 heteroatoms. The zero-order valence-corrected chi connectivity index (χ0v) is 21.1. The van der Waals surface area contributed by atoms with Crippen molar-refractivity contribution in [2.45, 2.75) is 19.6 Å². The van der Waals surface area contributed by atoms with E-state index in [1.807, 2.05) is 6.07 Å². The van der Waals surface area contributed by atoms with Crippen LogP contribution in [0.4, 0.5) is 24.7 Å². The fourth-order valence-corrected chi connectivity index (χ4v) is 3.95. The number of nitrogens with zero attached hydrogens (tertiary/aromatic N) is 2. The van der Waals surface area contributed by atoms with Crippen LogP contribution in [-0.4, -0.2) is 37.2 Å².